The lowest BCUT2D eigenvalue weighted by atomic mass is 9.75. The third kappa shape index (κ3) is 6.91. The van der Waals surface area contributed by atoms with E-state index < -0.39 is 11.8 Å². The Morgan fingerprint density at radius 3 is 2.67 bits per heavy atom. The fourth-order valence-corrected chi connectivity index (χ4v) is 6.06. The van der Waals surface area contributed by atoms with Crippen molar-refractivity contribution in [2.24, 2.45) is 16.8 Å². The number of alkyl halides is 2. The van der Waals surface area contributed by atoms with Gasteiger partial charge in [-0.1, -0.05) is 34.1 Å². The highest BCUT2D eigenvalue weighted by Crippen LogP contribution is 2.39. The predicted molar refractivity (Wildman–Crippen MR) is 142 cm³/mol. The van der Waals surface area contributed by atoms with Crippen molar-refractivity contribution in [3.05, 3.63) is 27.4 Å². The van der Waals surface area contributed by atoms with E-state index in [1.54, 1.807) is 0 Å². The molecule has 2 aliphatic rings. The van der Waals surface area contributed by atoms with Crippen molar-refractivity contribution in [1.82, 2.24) is 15.6 Å². The first-order valence-electron chi connectivity index (χ1n) is 13.6. The number of likely N-dealkylation sites (N-methyl/N-ethyl adjacent to an activating group) is 1. The Morgan fingerprint density at radius 2 is 2.03 bits per heavy atom. The first kappa shape index (κ1) is 28.7. The quantitative estimate of drug-likeness (QED) is 0.356. The van der Waals surface area contributed by atoms with Gasteiger partial charge in [0.1, 0.15) is 5.76 Å². The minimum atomic E-state index is -3.08. The van der Waals surface area contributed by atoms with Crippen molar-refractivity contribution in [3.63, 3.8) is 0 Å². The van der Waals surface area contributed by atoms with E-state index in [0.29, 0.717) is 29.5 Å². The normalized spacial score (nSPS) is 24.6. The maximum atomic E-state index is 14.5. The van der Waals surface area contributed by atoms with E-state index in [0.717, 1.165) is 55.6 Å². The van der Waals surface area contributed by atoms with E-state index in [4.69, 9.17) is 4.74 Å². The molecule has 2 N–H and O–H groups in total. The molecule has 0 spiro atoms. The Hall–Kier alpha value is -1.87. The van der Waals surface area contributed by atoms with Gasteiger partial charge in [0.25, 0.3) is 11.8 Å². The number of thiazole rings is 1. The third-order valence-electron chi connectivity index (χ3n) is 7.31. The number of aryl methyl sites for hydroxylation is 1. The molecule has 3 rings (SSSR count). The van der Waals surface area contributed by atoms with Crippen LogP contribution in [0.15, 0.2) is 16.8 Å². The smallest absolute Gasteiger partial charge is 0.321 e. The lowest BCUT2D eigenvalue weighted by Crippen LogP contribution is -2.45. The molecule has 9 heteroatoms. The second-order valence-corrected chi connectivity index (χ2v) is 11.0. The lowest BCUT2D eigenvalue weighted by Gasteiger charge is -2.38. The second kappa shape index (κ2) is 13.1. The molecule has 1 saturated carbocycles. The standard InChI is InChI=1S/C27H42F2N4O2S/c1-6-10-17-11-12-18(22-16-19(7-2)31-26(35-22)27(28,29)9-4)15-21(17)32-24(34)25-33-20(13-14-30-5)23(8-3)36-25/h16-19,21,30H,6-15H2,1-5H3,(H,32,34)/t17-,18?,19?,21+/m0/s1. The molecule has 0 saturated heterocycles. The van der Waals surface area contributed by atoms with Crippen LogP contribution in [0.4, 0.5) is 8.78 Å². The Balaban J connectivity index is 1.76. The zero-order chi connectivity index (χ0) is 26.3. The molecular formula is C27H42F2N4O2S. The van der Waals surface area contributed by atoms with Crippen LogP contribution in [0.5, 0.6) is 0 Å². The highest BCUT2D eigenvalue weighted by molar-refractivity contribution is 7.13. The number of amides is 1. The number of rotatable bonds is 12. The summed E-state index contributed by atoms with van der Waals surface area (Å²) in [6, 6.07) is -0.356. The maximum absolute atomic E-state index is 14.5. The van der Waals surface area contributed by atoms with Gasteiger partial charge in [0.15, 0.2) is 5.01 Å². The number of aromatic nitrogens is 1. The van der Waals surface area contributed by atoms with Crippen LogP contribution >= 0.6 is 11.3 Å². The van der Waals surface area contributed by atoms with E-state index >= 15 is 0 Å². The fraction of sp³-hybridized carbons (Fsp3) is 0.741. The van der Waals surface area contributed by atoms with Gasteiger partial charge >= 0.3 is 5.92 Å². The number of carbonyl (C=O) groups excluding carboxylic acids is 1. The molecule has 4 atom stereocenters. The zero-order valence-corrected chi connectivity index (χ0v) is 23.1. The average molecular weight is 525 g/mol. The van der Waals surface area contributed by atoms with Gasteiger partial charge in [0, 0.05) is 36.2 Å². The van der Waals surface area contributed by atoms with Gasteiger partial charge in [-0.2, -0.15) is 8.78 Å². The number of halogens is 2. The molecule has 1 aliphatic heterocycles. The largest absolute Gasteiger partial charge is 0.442 e. The summed E-state index contributed by atoms with van der Waals surface area (Å²) in [5, 5.41) is 6.92. The SMILES string of the molecule is CCC[C@H]1CCC(C2=CC(CC)N=C(C(F)(F)CC)O2)C[C@H]1NC(=O)c1nc(CCNC)c(CC)s1. The van der Waals surface area contributed by atoms with Crippen molar-refractivity contribution in [1.29, 1.82) is 0 Å². The number of hydrogen-bond acceptors (Lipinski definition) is 6. The second-order valence-electron chi connectivity index (χ2n) is 9.87. The van der Waals surface area contributed by atoms with Crippen molar-refractivity contribution in [3.8, 4) is 0 Å². The number of allylic oxidation sites excluding steroid dienone is 1. The van der Waals surface area contributed by atoms with Gasteiger partial charge in [0.05, 0.1) is 11.7 Å². The summed E-state index contributed by atoms with van der Waals surface area (Å²) in [6.45, 7) is 8.44. The Bertz CT molecular complexity index is 946. The Kier molecular flexibility index (Phi) is 10.4. The third-order valence-corrected chi connectivity index (χ3v) is 8.55. The maximum Gasteiger partial charge on any atom is 0.321 e. The lowest BCUT2D eigenvalue weighted by molar-refractivity contribution is 0.0430. The predicted octanol–water partition coefficient (Wildman–Crippen LogP) is 5.92. The van der Waals surface area contributed by atoms with E-state index in [9.17, 15) is 13.6 Å². The molecule has 2 unspecified atom stereocenters. The highest BCUT2D eigenvalue weighted by Gasteiger charge is 2.41. The first-order chi connectivity index (χ1) is 17.3. The van der Waals surface area contributed by atoms with Crippen molar-refractivity contribution < 1.29 is 18.3 Å². The van der Waals surface area contributed by atoms with Gasteiger partial charge in [-0.15, -0.1) is 11.3 Å². The van der Waals surface area contributed by atoms with Crippen LogP contribution in [-0.4, -0.2) is 48.4 Å². The van der Waals surface area contributed by atoms with Crippen LogP contribution in [-0.2, 0) is 17.6 Å². The van der Waals surface area contributed by atoms with E-state index in [-0.39, 0.29) is 30.3 Å². The van der Waals surface area contributed by atoms with Gasteiger partial charge in [-0.05, 0) is 57.6 Å². The number of hydrogen-bond donors (Lipinski definition) is 2. The van der Waals surface area contributed by atoms with Gasteiger partial charge < -0.3 is 15.4 Å². The summed E-state index contributed by atoms with van der Waals surface area (Å²) in [4.78, 5) is 23.3. The van der Waals surface area contributed by atoms with E-state index in [2.05, 4.69) is 34.5 Å². The van der Waals surface area contributed by atoms with Crippen molar-refractivity contribution in [2.75, 3.05) is 13.6 Å². The number of nitrogens with one attached hydrogen (secondary N) is 2. The summed E-state index contributed by atoms with van der Waals surface area (Å²) < 4.78 is 34.7. The summed E-state index contributed by atoms with van der Waals surface area (Å²) in [7, 11) is 1.91. The van der Waals surface area contributed by atoms with E-state index in [1.807, 2.05) is 20.0 Å². The van der Waals surface area contributed by atoms with Crippen LogP contribution in [0.1, 0.15) is 93.0 Å². The summed E-state index contributed by atoms with van der Waals surface area (Å²) in [5.74, 6) is -2.76. The number of ether oxygens (including phenoxy) is 1. The molecule has 1 aromatic rings. The molecule has 1 aliphatic carbocycles. The van der Waals surface area contributed by atoms with Crippen molar-refractivity contribution in [2.45, 2.75) is 103 Å². The van der Waals surface area contributed by atoms with Crippen molar-refractivity contribution >= 4 is 23.1 Å². The molecule has 6 nitrogen and oxygen atoms in total. The van der Waals surface area contributed by atoms with Crippen LogP contribution in [0, 0.1) is 11.8 Å². The van der Waals surface area contributed by atoms with Crippen LogP contribution in [0.3, 0.4) is 0 Å². The molecule has 1 amide bonds. The molecular weight excluding hydrogens is 482 g/mol. The molecule has 1 aromatic heterocycles. The summed E-state index contributed by atoms with van der Waals surface area (Å²) in [6.07, 6.45) is 8.34. The molecule has 0 aromatic carbocycles. The fourth-order valence-electron chi connectivity index (χ4n) is 5.11. The zero-order valence-electron chi connectivity index (χ0n) is 22.3. The summed E-state index contributed by atoms with van der Waals surface area (Å²) >= 11 is 1.47. The number of aliphatic imine (C=N–C) groups is 1. The van der Waals surface area contributed by atoms with Gasteiger partial charge in [-0.3, -0.25) is 4.79 Å². The number of carbonyl (C=O) groups is 1. The van der Waals surface area contributed by atoms with Crippen LogP contribution < -0.4 is 10.6 Å². The number of nitrogens with zero attached hydrogens (tertiary/aromatic N) is 2. The highest BCUT2D eigenvalue weighted by atomic mass is 32.1. The summed E-state index contributed by atoms with van der Waals surface area (Å²) in [5.41, 5.74) is 0.990. The Morgan fingerprint density at radius 1 is 1.25 bits per heavy atom. The van der Waals surface area contributed by atoms with Crippen LogP contribution in [0.2, 0.25) is 0 Å². The van der Waals surface area contributed by atoms with Crippen LogP contribution in [0.25, 0.3) is 0 Å². The topological polar surface area (TPSA) is 75.6 Å². The molecule has 2 heterocycles. The average Bonchev–Trinajstić information content (AvgIpc) is 3.31. The first-order valence-corrected chi connectivity index (χ1v) is 14.4. The minimum Gasteiger partial charge on any atom is -0.442 e. The monoisotopic (exact) mass is 524 g/mol. The van der Waals surface area contributed by atoms with Gasteiger partial charge in [-0.25, -0.2) is 9.98 Å². The molecule has 36 heavy (non-hydrogen) atoms. The molecule has 0 radical (unpaired) electrons. The van der Waals surface area contributed by atoms with Gasteiger partial charge in [0.2, 0.25) is 0 Å². The molecule has 0 bridgehead atoms. The molecule has 1 fully saturated rings. The van der Waals surface area contributed by atoms with E-state index in [1.165, 1.54) is 18.3 Å². The Labute approximate surface area is 218 Å². The molecule has 202 valence electrons. The minimum absolute atomic E-state index is 0.0238.